The van der Waals surface area contributed by atoms with Gasteiger partial charge in [0.25, 0.3) is 5.56 Å². The molecule has 4 aromatic carbocycles. The van der Waals surface area contributed by atoms with Crippen LogP contribution in [0.4, 0.5) is 0 Å². The van der Waals surface area contributed by atoms with Crippen LogP contribution in [0.3, 0.4) is 0 Å². The second-order valence-electron chi connectivity index (χ2n) is 8.10. The van der Waals surface area contributed by atoms with Crippen molar-refractivity contribution in [1.82, 2.24) is 9.38 Å². The number of hydrogen-bond donors (Lipinski definition) is 0. The number of thiazole rings is 1. The summed E-state index contributed by atoms with van der Waals surface area (Å²) in [6, 6.07) is 25.9. The van der Waals surface area contributed by atoms with Crippen LogP contribution in [-0.2, 0) is 6.61 Å². The van der Waals surface area contributed by atoms with E-state index in [1.807, 2.05) is 60.7 Å². The molecule has 0 atom stereocenters. The summed E-state index contributed by atoms with van der Waals surface area (Å²) in [5, 5.41) is 2.33. The average molecular weight is 543 g/mol. The van der Waals surface area contributed by atoms with E-state index in [0.29, 0.717) is 27.6 Å². The van der Waals surface area contributed by atoms with E-state index in [1.54, 1.807) is 11.5 Å². The van der Waals surface area contributed by atoms with Crippen LogP contribution in [0, 0.1) is 0 Å². The molecule has 6 rings (SSSR count). The molecule has 0 aliphatic rings. The molecule has 35 heavy (non-hydrogen) atoms. The Morgan fingerprint density at radius 2 is 1.83 bits per heavy atom. The van der Waals surface area contributed by atoms with Gasteiger partial charge in [-0.1, -0.05) is 65.9 Å². The zero-order valence-electron chi connectivity index (χ0n) is 18.7. The second-order valence-corrected chi connectivity index (χ2v) is 9.96. The number of fused-ring (bicyclic) bond motifs is 4. The summed E-state index contributed by atoms with van der Waals surface area (Å²) >= 11 is 5.01. The molecule has 2 aromatic heterocycles. The third-order valence-corrected chi connectivity index (χ3v) is 7.50. The van der Waals surface area contributed by atoms with Gasteiger partial charge < -0.3 is 9.47 Å². The first-order valence-corrected chi connectivity index (χ1v) is 12.6. The first kappa shape index (κ1) is 21.8. The second kappa shape index (κ2) is 8.83. The SMILES string of the molecule is COc1cc(C=c2sc3nc4ccccc4n3c2=O)cc(Br)c1OCc1cccc2ccccc12. The molecule has 0 unspecified atom stereocenters. The largest absolute Gasteiger partial charge is 0.493 e. The van der Waals surface area contributed by atoms with Crippen molar-refractivity contribution in [2.75, 3.05) is 7.11 Å². The molecule has 0 aliphatic heterocycles. The minimum absolute atomic E-state index is 0.0786. The number of aromatic nitrogens is 2. The molecule has 0 amide bonds. The van der Waals surface area contributed by atoms with Gasteiger partial charge in [0, 0.05) is 0 Å². The van der Waals surface area contributed by atoms with Crippen LogP contribution in [0.2, 0.25) is 0 Å². The third kappa shape index (κ3) is 3.87. The number of rotatable bonds is 5. The lowest BCUT2D eigenvalue weighted by molar-refractivity contribution is 0.283. The van der Waals surface area contributed by atoms with Crippen molar-refractivity contribution in [3.8, 4) is 11.5 Å². The first-order chi connectivity index (χ1) is 17.1. The van der Waals surface area contributed by atoms with Gasteiger partial charge in [0.15, 0.2) is 16.5 Å². The minimum atomic E-state index is -0.0786. The van der Waals surface area contributed by atoms with E-state index in [9.17, 15) is 4.79 Å². The highest BCUT2D eigenvalue weighted by molar-refractivity contribution is 9.10. The highest BCUT2D eigenvalue weighted by Gasteiger charge is 2.14. The lowest BCUT2D eigenvalue weighted by Gasteiger charge is -2.14. The predicted molar refractivity (Wildman–Crippen MR) is 145 cm³/mol. The molecule has 0 N–H and O–H groups in total. The molecule has 0 saturated carbocycles. The van der Waals surface area contributed by atoms with Crippen molar-refractivity contribution in [1.29, 1.82) is 0 Å². The Kier molecular flexibility index (Phi) is 5.51. The van der Waals surface area contributed by atoms with Crippen LogP contribution in [0.1, 0.15) is 11.1 Å². The Balaban J connectivity index is 1.36. The van der Waals surface area contributed by atoms with E-state index in [2.05, 4.69) is 45.2 Å². The van der Waals surface area contributed by atoms with E-state index >= 15 is 0 Å². The smallest absolute Gasteiger partial charge is 0.274 e. The summed E-state index contributed by atoms with van der Waals surface area (Å²) < 4.78 is 14.9. The van der Waals surface area contributed by atoms with Gasteiger partial charge in [-0.15, -0.1) is 0 Å². The number of para-hydroxylation sites is 2. The molecule has 0 radical (unpaired) electrons. The zero-order chi connectivity index (χ0) is 23.9. The van der Waals surface area contributed by atoms with Crippen molar-refractivity contribution in [2.45, 2.75) is 6.61 Å². The molecule has 0 fully saturated rings. The molecule has 5 nitrogen and oxygen atoms in total. The highest BCUT2D eigenvalue weighted by Crippen LogP contribution is 2.37. The highest BCUT2D eigenvalue weighted by atomic mass is 79.9. The number of halogens is 1. The molecule has 7 heteroatoms. The number of hydrogen-bond acceptors (Lipinski definition) is 5. The molecule has 0 spiro atoms. The van der Waals surface area contributed by atoms with Crippen LogP contribution in [-0.4, -0.2) is 16.5 Å². The Morgan fingerprint density at radius 1 is 1.03 bits per heavy atom. The predicted octanol–water partition coefficient (Wildman–Crippen LogP) is 5.96. The van der Waals surface area contributed by atoms with E-state index < -0.39 is 0 Å². The first-order valence-electron chi connectivity index (χ1n) is 11.0. The van der Waals surface area contributed by atoms with Crippen LogP contribution in [0.5, 0.6) is 11.5 Å². The summed E-state index contributed by atoms with van der Waals surface area (Å²) in [7, 11) is 1.61. The van der Waals surface area contributed by atoms with Crippen LogP contribution >= 0.6 is 27.3 Å². The summed E-state index contributed by atoms with van der Waals surface area (Å²) in [4.78, 5) is 18.4. The maximum atomic E-state index is 13.1. The summed E-state index contributed by atoms with van der Waals surface area (Å²) in [5.74, 6) is 1.21. The number of ether oxygens (including phenoxy) is 2. The lowest BCUT2D eigenvalue weighted by atomic mass is 10.1. The zero-order valence-corrected chi connectivity index (χ0v) is 21.1. The normalized spacial score (nSPS) is 12.1. The molecular weight excluding hydrogens is 524 g/mol. The van der Waals surface area contributed by atoms with Gasteiger partial charge in [0.1, 0.15) is 6.61 Å². The summed E-state index contributed by atoms with van der Waals surface area (Å²) in [6.07, 6.45) is 1.86. The molecule has 6 aromatic rings. The van der Waals surface area contributed by atoms with Crippen molar-refractivity contribution in [3.05, 3.63) is 109 Å². The number of methoxy groups -OCH3 is 1. The summed E-state index contributed by atoms with van der Waals surface area (Å²) in [6.45, 7) is 0.402. The van der Waals surface area contributed by atoms with Gasteiger partial charge in [-0.3, -0.25) is 4.79 Å². The summed E-state index contributed by atoms with van der Waals surface area (Å²) in [5.41, 5.74) is 3.49. The van der Waals surface area contributed by atoms with Crippen molar-refractivity contribution in [2.24, 2.45) is 0 Å². The van der Waals surface area contributed by atoms with Crippen molar-refractivity contribution in [3.63, 3.8) is 0 Å². The van der Waals surface area contributed by atoms with Gasteiger partial charge in [0.2, 0.25) is 0 Å². The van der Waals surface area contributed by atoms with Gasteiger partial charge in [-0.25, -0.2) is 9.38 Å². The molecule has 0 bridgehead atoms. The molecule has 2 heterocycles. The van der Waals surface area contributed by atoms with Gasteiger partial charge >= 0.3 is 0 Å². The maximum Gasteiger partial charge on any atom is 0.274 e. The Labute approximate surface area is 213 Å². The average Bonchev–Trinajstić information content (AvgIpc) is 3.39. The van der Waals surface area contributed by atoms with E-state index in [1.165, 1.54) is 16.7 Å². The Bertz CT molecular complexity index is 1840. The van der Waals surface area contributed by atoms with E-state index in [4.69, 9.17) is 9.47 Å². The minimum Gasteiger partial charge on any atom is -0.493 e. The topological polar surface area (TPSA) is 52.8 Å². The van der Waals surface area contributed by atoms with Gasteiger partial charge in [-0.2, -0.15) is 0 Å². The number of nitrogens with zero attached hydrogens (tertiary/aromatic N) is 2. The quantitative estimate of drug-likeness (QED) is 0.269. The van der Waals surface area contributed by atoms with Crippen LogP contribution in [0.25, 0.3) is 32.8 Å². The monoisotopic (exact) mass is 542 g/mol. The Morgan fingerprint density at radius 3 is 2.71 bits per heavy atom. The van der Waals surface area contributed by atoms with Crippen molar-refractivity contribution >= 4 is 60.1 Å². The third-order valence-electron chi connectivity index (χ3n) is 5.95. The fourth-order valence-corrected chi connectivity index (χ4v) is 5.86. The van der Waals surface area contributed by atoms with Gasteiger partial charge in [0.05, 0.1) is 27.1 Å². The van der Waals surface area contributed by atoms with Crippen LogP contribution < -0.4 is 19.6 Å². The molecule has 0 aliphatic carbocycles. The van der Waals surface area contributed by atoms with Crippen molar-refractivity contribution < 1.29 is 9.47 Å². The van der Waals surface area contributed by atoms with E-state index in [0.717, 1.165) is 32.0 Å². The number of imidazole rings is 1. The lowest BCUT2D eigenvalue weighted by Crippen LogP contribution is -2.22. The number of benzene rings is 4. The molecular formula is C28H19BrN2O3S. The Hall–Kier alpha value is -3.68. The van der Waals surface area contributed by atoms with E-state index in [-0.39, 0.29) is 5.56 Å². The maximum absolute atomic E-state index is 13.1. The molecule has 0 saturated heterocycles. The molecule has 172 valence electrons. The van der Waals surface area contributed by atoms with Crippen LogP contribution in [0.15, 0.2) is 88.1 Å². The standard InChI is InChI=1S/C28H19BrN2O3S/c1-33-24-14-17(15-25-27(32)31-23-12-5-4-11-22(23)30-28(31)35-25)13-21(29)26(24)34-16-19-9-6-8-18-7-2-3-10-20(18)19/h2-15H,16H2,1H3. The fourth-order valence-electron chi connectivity index (χ4n) is 4.29. The fraction of sp³-hybridized carbons (Fsp3) is 0.0714. The van der Waals surface area contributed by atoms with Gasteiger partial charge in [-0.05, 0) is 68.2 Å².